The van der Waals surface area contributed by atoms with Gasteiger partial charge in [0, 0.05) is 17.3 Å². The molecule has 0 bridgehead atoms. The predicted octanol–water partition coefficient (Wildman–Crippen LogP) is 4.34. The van der Waals surface area contributed by atoms with Crippen LogP contribution in [0.2, 0.25) is 0 Å². The molecule has 3 heterocycles. The molecule has 9 nitrogen and oxygen atoms in total. The van der Waals surface area contributed by atoms with Gasteiger partial charge < -0.3 is 9.47 Å². The first-order chi connectivity index (χ1) is 16.5. The topological polar surface area (TPSA) is 108 Å². The third-order valence-electron chi connectivity index (χ3n) is 5.10. The molecule has 0 amide bonds. The number of rotatable bonds is 7. The number of sulfonamides is 1. The van der Waals surface area contributed by atoms with Crippen LogP contribution in [0.15, 0.2) is 77.0 Å². The van der Waals surface area contributed by atoms with E-state index in [1.54, 1.807) is 46.2 Å². The molecule has 5 aromatic rings. The van der Waals surface area contributed by atoms with Gasteiger partial charge in [0.05, 0.1) is 24.8 Å². The van der Waals surface area contributed by atoms with Gasteiger partial charge in [0.15, 0.2) is 11.5 Å². The van der Waals surface area contributed by atoms with E-state index in [1.165, 1.54) is 26.4 Å². The Bertz CT molecular complexity index is 1560. The molecule has 0 unspecified atom stereocenters. The molecule has 11 heteroatoms. The van der Waals surface area contributed by atoms with Gasteiger partial charge in [-0.05, 0) is 47.8 Å². The Labute approximate surface area is 199 Å². The molecular weight excluding hydrogens is 474 g/mol. The molecule has 0 saturated carbocycles. The Balaban J connectivity index is 1.42. The van der Waals surface area contributed by atoms with Gasteiger partial charge in [-0.15, -0.1) is 21.5 Å². The van der Waals surface area contributed by atoms with Gasteiger partial charge in [-0.2, -0.15) is 9.61 Å². The summed E-state index contributed by atoms with van der Waals surface area (Å²) in [5.74, 6) is 1.36. The molecule has 5 rings (SSSR count). The maximum atomic E-state index is 12.9. The molecular formula is C23H19N5O4S2. The Morgan fingerprint density at radius 3 is 2.47 bits per heavy atom. The molecule has 172 valence electrons. The molecule has 0 saturated heterocycles. The monoisotopic (exact) mass is 493 g/mol. The van der Waals surface area contributed by atoms with Gasteiger partial charge in [-0.3, -0.25) is 4.72 Å². The summed E-state index contributed by atoms with van der Waals surface area (Å²) in [7, 11) is -0.966. The van der Waals surface area contributed by atoms with E-state index >= 15 is 0 Å². The van der Waals surface area contributed by atoms with E-state index in [0.29, 0.717) is 28.6 Å². The third kappa shape index (κ3) is 4.06. The highest BCUT2D eigenvalue weighted by Gasteiger charge is 2.20. The number of fused-ring (bicyclic) bond motifs is 1. The lowest BCUT2D eigenvalue weighted by Crippen LogP contribution is -2.14. The van der Waals surface area contributed by atoms with Gasteiger partial charge in [0.25, 0.3) is 10.0 Å². The molecule has 0 atom stereocenters. The fourth-order valence-corrected chi connectivity index (χ4v) is 5.32. The molecule has 1 N–H and O–H groups in total. The fraction of sp³-hybridized carbons (Fsp3) is 0.0870. The van der Waals surface area contributed by atoms with Crippen LogP contribution in [0.3, 0.4) is 0 Å². The maximum absolute atomic E-state index is 12.9. The van der Waals surface area contributed by atoms with E-state index in [1.807, 2.05) is 29.6 Å². The first-order valence-electron chi connectivity index (χ1n) is 10.1. The summed E-state index contributed by atoms with van der Waals surface area (Å²) in [4.78, 5) is 0.983. The van der Waals surface area contributed by atoms with E-state index in [4.69, 9.17) is 9.47 Å². The highest BCUT2D eigenvalue weighted by Crippen LogP contribution is 2.30. The summed E-state index contributed by atoms with van der Waals surface area (Å²) < 4.78 is 40.5. The average Bonchev–Trinajstić information content (AvgIpc) is 3.53. The van der Waals surface area contributed by atoms with E-state index < -0.39 is 10.0 Å². The van der Waals surface area contributed by atoms with Gasteiger partial charge in [-0.25, -0.2) is 8.42 Å². The van der Waals surface area contributed by atoms with E-state index in [9.17, 15) is 8.42 Å². The van der Waals surface area contributed by atoms with Crippen LogP contribution >= 0.6 is 11.3 Å². The zero-order valence-electron chi connectivity index (χ0n) is 18.2. The fourth-order valence-electron chi connectivity index (χ4n) is 3.42. The predicted molar refractivity (Wildman–Crippen MR) is 130 cm³/mol. The summed E-state index contributed by atoms with van der Waals surface area (Å²) in [5.41, 5.74) is 2.57. The molecule has 34 heavy (non-hydrogen) atoms. The zero-order valence-corrected chi connectivity index (χ0v) is 19.8. The van der Waals surface area contributed by atoms with Gasteiger partial charge in [0.1, 0.15) is 16.4 Å². The molecule has 0 fully saturated rings. The van der Waals surface area contributed by atoms with Crippen LogP contribution < -0.4 is 14.2 Å². The van der Waals surface area contributed by atoms with E-state index in [2.05, 4.69) is 20.0 Å². The van der Waals surface area contributed by atoms with Gasteiger partial charge in [0.2, 0.25) is 0 Å². The standard InChI is InChI=1S/C23H19N5O4S2/c1-31-17-9-11-21(19(14-17)32-2)34(29,30)27-16-7-5-15(6-8-16)18-10-12-22-24-25-23(28(22)26-18)20-4-3-13-33-20/h3-14,27H,1-2H3. The largest absolute Gasteiger partial charge is 0.497 e. The second kappa shape index (κ2) is 8.76. The van der Waals surface area contributed by atoms with Crippen molar-refractivity contribution >= 4 is 32.7 Å². The number of hydrogen-bond acceptors (Lipinski definition) is 8. The second-order valence-electron chi connectivity index (χ2n) is 7.19. The van der Waals surface area contributed by atoms with Crippen molar-refractivity contribution < 1.29 is 17.9 Å². The van der Waals surface area contributed by atoms with Crippen molar-refractivity contribution in [1.82, 2.24) is 19.8 Å². The molecule has 3 aromatic heterocycles. The Hall–Kier alpha value is -3.96. The lowest BCUT2D eigenvalue weighted by atomic mass is 10.1. The van der Waals surface area contributed by atoms with Crippen molar-refractivity contribution in [1.29, 1.82) is 0 Å². The summed E-state index contributed by atoms with van der Waals surface area (Å²) >= 11 is 1.56. The van der Waals surface area contributed by atoms with Crippen LogP contribution in [0.4, 0.5) is 5.69 Å². The van der Waals surface area contributed by atoms with Crippen LogP contribution in [-0.2, 0) is 10.0 Å². The number of anilines is 1. The molecule has 0 aliphatic carbocycles. The van der Waals surface area contributed by atoms with Crippen LogP contribution in [0.1, 0.15) is 0 Å². The van der Waals surface area contributed by atoms with E-state index in [-0.39, 0.29) is 10.6 Å². The van der Waals surface area contributed by atoms with Crippen molar-refractivity contribution in [3.8, 4) is 33.5 Å². The van der Waals surface area contributed by atoms with Crippen molar-refractivity contribution in [3.63, 3.8) is 0 Å². The van der Waals surface area contributed by atoms with Crippen LogP contribution in [-0.4, -0.2) is 42.4 Å². The minimum atomic E-state index is -3.88. The first-order valence-corrected chi connectivity index (χ1v) is 12.5. The number of nitrogens with one attached hydrogen (secondary N) is 1. The molecule has 0 spiro atoms. The number of thiophene rings is 1. The van der Waals surface area contributed by atoms with Gasteiger partial charge >= 0.3 is 0 Å². The number of methoxy groups -OCH3 is 2. The molecule has 2 aromatic carbocycles. The third-order valence-corrected chi connectivity index (χ3v) is 7.38. The van der Waals surface area contributed by atoms with E-state index in [0.717, 1.165) is 10.4 Å². The van der Waals surface area contributed by atoms with Crippen LogP contribution in [0, 0.1) is 0 Å². The zero-order chi connectivity index (χ0) is 23.7. The van der Waals surface area contributed by atoms with Crippen molar-refractivity contribution in [2.24, 2.45) is 0 Å². The number of hydrogen-bond donors (Lipinski definition) is 1. The molecule has 0 aliphatic rings. The summed E-state index contributed by atoms with van der Waals surface area (Å²) in [6.07, 6.45) is 0. The number of benzene rings is 2. The molecule has 0 aliphatic heterocycles. The van der Waals surface area contributed by atoms with Gasteiger partial charge in [-0.1, -0.05) is 18.2 Å². The van der Waals surface area contributed by atoms with Crippen LogP contribution in [0.25, 0.3) is 27.6 Å². The summed E-state index contributed by atoms with van der Waals surface area (Å²) in [6, 6.07) is 19.1. The van der Waals surface area contributed by atoms with Crippen molar-refractivity contribution in [2.75, 3.05) is 18.9 Å². The highest BCUT2D eigenvalue weighted by molar-refractivity contribution is 7.92. The normalized spacial score (nSPS) is 11.5. The second-order valence-corrected chi connectivity index (χ2v) is 9.79. The Kier molecular flexibility index (Phi) is 5.64. The average molecular weight is 494 g/mol. The van der Waals surface area contributed by atoms with Crippen molar-refractivity contribution in [3.05, 3.63) is 72.1 Å². The first kappa shape index (κ1) is 21.9. The summed E-state index contributed by atoms with van der Waals surface area (Å²) in [5, 5.41) is 15.1. The summed E-state index contributed by atoms with van der Waals surface area (Å²) in [6.45, 7) is 0. The number of aromatic nitrogens is 4. The quantitative estimate of drug-likeness (QED) is 0.359. The number of ether oxygens (including phenoxy) is 2. The SMILES string of the molecule is COc1ccc(S(=O)(=O)Nc2ccc(-c3ccc4nnc(-c5cccs5)n4n3)cc2)c(OC)c1. The Morgan fingerprint density at radius 2 is 1.76 bits per heavy atom. The Morgan fingerprint density at radius 1 is 0.941 bits per heavy atom. The lowest BCUT2D eigenvalue weighted by Gasteiger charge is -2.13. The minimum absolute atomic E-state index is 0.0145. The smallest absolute Gasteiger partial charge is 0.265 e. The number of nitrogens with zero attached hydrogens (tertiary/aromatic N) is 4. The minimum Gasteiger partial charge on any atom is -0.497 e. The lowest BCUT2D eigenvalue weighted by molar-refractivity contribution is 0.386. The van der Waals surface area contributed by atoms with Crippen LogP contribution in [0.5, 0.6) is 11.5 Å². The van der Waals surface area contributed by atoms with Crippen molar-refractivity contribution in [2.45, 2.75) is 4.90 Å². The molecule has 0 radical (unpaired) electrons. The maximum Gasteiger partial charge on any atom is 0.265 e. The highest BCUT2D eigenvalue weighted by atomic mass is 32.2.